The molecule has 0 aliphatic heterocycles. The van der Waals surface area contributed by atoms with Gasteiger partial charge >= 0.3 is 0 Å². The van der Waals surface area contributed by atoms with Gasteiger partial charge in [-0.1, -0.05) is 67.6 Å². The van der Waals surface area contributed by atoms with Gasteiger partial charge in [0.15, 0.2) is 0 Å². The summed E-state index contributed by atoms with van der Waals surface area (Å²) in [5.41, 5.74) is 3.91. The highest BCUT2D eigenvalue weighted by Crippen LogP contribution is 2.23. The molecule has 1 heterocycles. The summed E-state index contributed by atoms with van der Waals surface area (Å²) in [4.78, 5) is 0. The molecule has 0 amide bonds. The minimum Gasteiger partial charge on any atom is -0.390 e. The van der Waals surface area contributed by atoms with Crippen LogP contribution in [-0.2, 0) is 13.2 Å². The van der Waals surface area contributed by atoms with Crippen molar-refractivity contribution in [3.63, 3.8) is 0 Å². The monoisotopic (exact) mass is 287 g/mol. The molecule has 0 aliphatic carbocycles. The molecule has 0 spiro atoms. The molecule has 1 N–H and O–H groups in total. The van der Waals surface area contributed by atoms with Gasteiger partial charge in [0.1, 0.15) is 5.69 Å². The van der Waals surface area contributed by atoms with Gasteiger partial charge in [-0.3, -0.25) is 0 Å². The molecule has 1 aromatic heterocycles. The van der Waals surface area contributed by atoms with Crippen LogP contribution in [0.3, 0.4) is 0 Å². The van der Waals surface area contributed by atoms with Crippen molar-refractivity contribution in [3.05, 3.63) is 35.5 Å². The lowest BCUT2D eigenvalue weighted by Crippen LogP contribution is -2.03. The van der Waals surface area contributed by atoms with Crippen LogP contribution in [0.4, 0.5) is 0 Å². The lowest BCUT2D eigenvalue weighted by molar-refractivity contribution is 0.277. The fourth-order valence-electron chi connectivity index (χ4n) is 2.50. The number of nitrogens with zero attached hydrogens (tertiary/aromatic N) is 3. The van der Waals surface area contributed by atoms with E-state index in [1.54, 1.807) is 0 Å². The maximum absolute atomic E-state index is 9.47. The van der Waals surface area contributed by atoms with Crippen molar-refractivity contribution in [3.8, 4) is 11.3 Å². The Morgan fingerprint density at radius 1 is 1.05 bits per heavy atom. The first kappa shape index (κ1) is 15.7. The Morgan fingerprint density at radius 2 is 1.76 bits per heavy atom. The van der Waals surface area contributed by atoms with Crippen LogP contribution in [0.1, 0.15) is 50.3 Å². The number of benzene rings is 1. The second kappa shape index (κ2) is 7.93. The Balaban J connectivity index is 2.11. The maximum Gasteiger partial charge on any atom is 0.116 e. The van der Waals surface area contributed by atoms with E-state index in [2.05, 4.69) is 48.4 Å². The zero-order chi connectivity index (χ0) is 15.1. The maximum atomic E-state index is 9.47. The van der Waals surface area contributed by atoms with Crippen LogP contribution in [0, 0.1) is 6.92 Å². The van der Waals surface area contributed by atoms with Gasteiger partial charge in [-0.25, -0.2) is 4.68 Å². The van der Waals surface area contributed by atoms with Crippen molar-refractivity contribution in [2.75, 3.05) is 0 Å². The Hall–Kier alpha value is -1.68. The Bertz CT molecular complexity index is 546. The molecule has 0 saturated carbocycles. The van der Waals surface area contributed by atoms with E-state index in [0.717, 1.165) is 24.2 Å². The molecular weight excluding hydrogens is 262 g/mol. The summed E-state index contributed by atoms with van der Waals surface area (Å²) in [6.45, 7) is 5.08. The van der Waals surface area contributed by atoms with Gasteiger partial charge < -0.3 is 5.11 Å². The summed E-state index contributed by atoms with van der Waals surface area (Å²) in [6.07, 6.45) is 6.15. The van der Waals surface area contributed by atoms with Crippen molar-refractivity contribution in [1.82, 2.24) is 15.0 Å². The number of aromatic nitrogens is 3. The van der Waals surface area contributed by atoms with E-state index < -0.39 is 0 Å². The highest BCUT2D eigenvalue weighted by molar-refractivity contribution is 5.62. The molecule has 2 rings (SSSR count). The van der Waals surface area contributed by atoms with Crippen LogP contribution in [0.25, 0.3) is 11.3 Å². The SMILES string of the molecule is CCCCCCCn1nnc(CO)c1-c1ccc(C)cc1. The first-order valence-electron chi connectivity index (χ1n) is 7.86. The van der Waals surface area contributed by atoms with E-state index in [4.69, 9.17) is 0 Å². The Labute approximate surface area is 126 Å². The minimum absolute atomic E-state index is 0.0704. The van der Waals surface area contributed by atoms with Gasteiger partial charge in [-0.2, -0.15) is 0 Å². The van der Waals surface area contributed by atoms with Crippen LogP contribution in [0.5, 0.6) is 0 Å². The van der Waals surface area contributed by atoms with E-state index in [9.17, 15) is 5.11 Å². The molecule has 0 unspecified atom stereocenters. The zero-order valence-corrected chi connectivity index (χ0v) is 13.0. The van der Waals surface area contributed by atoms with Crippen molar-refractivity contribution in [1.29, 1.82) is 0 Å². The Morgan fingerprint density at radius 3 is 2.43 bits per heavy atom. The van der Waals surface area contributed by atoms with E-state index in [1.165, 1.54) is 31.2 Å². The van der Waals surface area contributed by atoms with Gasteiger partial charge in [0.25, 0.3) is 0 Å². The molecule has 0 fully saturated rings. The molecule has 114 valence electrons. The third-order valence-corrected chi connectivity index (χ3v) is 3.75. The number of aryl methyl sites for hydroxylation is 2. The van der Waals surface area contributed by atoms with Crippen molar-refractivity contribution in [2.24, 2.45) is 0 Å². The molecule has 2 aromatic rings. The lowest BCUT2D eigenvalue weighted by atomic mass is 10.1. The van der Waals surface area contributed by atoms with Crippen LogP contribution in [0.15, 0.2) is 24.3 Å². The molecule has 4 heteroatoms. The molecule has 21 heavy (non-hydrogen) atoms. The van der Waals surface area contributed by atoms with Gasteiger partial charge in [0, 0.05) is 12.1 Å². The lowest BCUT2D eigenvalue weighted by Gasteiger charge is -2.08. The Kier molecular flexibility index (Phi) is 5.93. The summed E-state index contributed by atoms with van der Waals surface area (Å²) in [7, 11) is 0. The fourth-order valence-corrected chi connectivity index (χ4v) is 2.50. The standard InChI is InChI=1S/C17H25N3O/c1-3-4-5-6-7-12-20-17(16(13-21)18-19-20)15-10-8-14(2)9-11-15/h8-11,21H,3-7,12-13H2,1-2H3. The van der Waals surface area contributed by atoms with Crippen molar-refractivity contribution in [2.45, 2.75) is 59.1 Å². The molecule has 0 radical (unpaired) electrons. The molecule has 0 saturated heterocycles. The normalized spacial score (nSPS) is 11.0. The highest BCUT2D eigenvalue weighted by Gasteiger charge is 2.13. The number of unbranched alkanes of at least 4 members (excludes halogenated alkanes) is 4. The number of hydrogen-bond donors (Lipinski definition) is 1. The average molecular weight is 287 g/mol. The minimum atomic E-state index is -0.0704. The number of aliphatic hydroxyl groups is 1. The molecule has 1 aromatic carbocycles. The van der Waals surface area contributed by atoms with Crippen molar-refractivity contribution < 1.29 is 5.11 Å². The molecular formula is C17H25N3O. The second-order valence-electron chi connectivity index (χ2n) is 5.55. The molecule has 0 atom stereocenters. The first-order chi connectivity index (χ1) is 10.3. The van der Waals surface area contributed by atoms with E-state index in [-0.39, 0.29) is 6.61 Å². The summed E-state index contributed by atoms with van der Waals surface area (Å²) in [5, 5.41) is 17.8. The largest absolute Gasteiger partial charge is 0.390 e. The van der Waals surface area contributed by atoms with Gasteiger partial charge in [0.05, 0.1) is 12.3 Å². The number of rotatable bonds is 8. The topological polar surface area (TPSA) is 50.9 Å². The van der Waals surface area contributed by atoms with E-state index in [1.807, 2.05) is 4.68 Å². The van der Waals surface area contributed by atoms with Crippen LogP contribution < -0.4 is 0 Å². The summed E-state index contributed by atoms with van der Waals surface area (Å²) in [5.74, 6) is 0. The average Bonchev–Trinajstić information content (AvgIpc) is 2.91. The number of aliphatic hydroxyl groups excluding tert-OH is 1. The third-order valence-electron chi connectivity index (χ3n) is 3.75. The molecule has 0 bridgehead atoms. The predicted molar refractivity (Wildman–Crippen MR) is 84.9 cm³/mol. The van der Waals surface area contributed by atoms with E-state index >= 15 is 0 Å². The van der Waals surface area contributed by atoms with Crippen molar-refractivity contribution >= 4 is 0 Å². The third kappa shape index (κ3) is 4.14. The predicted octanol–water partition coefficient (Wildman–Crippen LogP) is 3.72. The second-order valence-corrected chi connectivity index (χ2v) is 5.55. The summed E-state index contributed by atoms with van der Waals surface area (Å²) < 4.78 is 1.93. The zero-order valence-electron chi connectivity index (χ0n) is 13.0. The van der Waals surface area contributed by atoms with Crippen LogP contribution in [-0.4, -0.2) is 20.1 Å². The highest BCUT2D eigenvalue weighted by atomic mass is 16.3. The molecule has 0 aliphatic rings. The summed E-state index contributed by atoms with van der Waals surface area (Å²) >= 11 is 0. The van der Waals surface area contributed by atoms with Crippen LogP contribution >= 0.6 is 0 Å². The summed E-state index contributed by atoms with van der Waals surface area (Å²) in [6, 6.07) is 8.30. The smallest absolute Gasteiger partial charge is 0.116 e. The molecule has 4 nitrogen and oxygen atoms in total. The van der Waals surface area contributed by atoms with Gasteiger partial charge in [0.2, 0.25) is 0 Å². The van der Waals surface area contributed by atoms with Gasteiger partial charge in [-0.15, -0.1) is 5.10 Å². The van der Waals surface area contributed by atoms with Crippen LogP contribution in [0.2, 0.25) is 0 Å². The first-order valence-corrected chi connectivity index (χ1v) is 7.86. The van der Waals surface area contributed by atoms with E-state index in [0.29, 0.717) is 5.69 Å². The van der Waals surface area contributed by atoms with Gasteiger partial charge in [-0.05, 0) is 13.3 Å². The quantitative estimate of drug-likeness (QED) is 0.753. The number of hydrogen-bond acceptors (Lipinski definition) is 3. The fraction of sp³-hybridized carbons (Fsp3) is 0.529.